The lowest BCUT2D eigenvalue weighted by molar-refractivity contribution is 0.0945. The van der Waals surface area contributed by atoms with Crippen molar-refractivity contribution in [2.75, 3.05) is 19.6 Å². The van der Waals surface area contributed by atoms with Crippen LogP contribution in [0.1, 0.15) is 23.2 Å². The Morgan fingerprint density at radius 2 is 2.39 bits per heavy atom. The van der Waals surface area contributed by atoms with Gasteiger partial charge in [-0.2, -0.15) is 0 Å². The topological polar surface area (TPSA) is 41.1 Å². The van der Waals surface area contributed by atoms with Crippen molar-refractivity contribution < 1.29 is 4.79 Å². The summed E-state index contributed by atoms with van der Waals surface area (Å²) in [7, 11) is 0. The first-order chi connectivity index (χ1) is 8.66. The van der Waals surface area contributed by atoms with Crippen molar-refractivity contribution >= 4 is 33.4 Å². The highest BCUT2D eigenvalue weighted by Gasteiger charge is 2.15. The Balaban J connectivity index is 1.90. The van der Waals surface area contributed by atoms with Gasteiger partial charge in [-0.3, -0.25) is 4.79 Å². The first kappa shape index (κ1) is 13.8. The minimum absolute atomic E-state index is 0.0990. The number of nitrogens with one attached hydrogen (secondary N) is 2. The van der Waals surface area contributed by atoms with Crippen molar-refractivity contribution in [1.29, 1.82) is 0 Å². The molecule has 0 bridgehead atoms. The maximum absolute atomic E-state index is 12.0. The third-order valence-electron chi connectivity index (χ3n) is 3.13. The van der Waals surface area contributed by atoms with Gasteiger partial charge < -0.3 is 10.6 Å². The fourth-order valence-corrected chi connectivity index (χ4v) is 2.86. The van der Waals surface area contributed by atoms with Crippen LogP contribution in [0.3, 0.4) is 0 Å². The van der Waals surface area contributed by atoms with E-state index < -0.39 is 0 Å². The Bertz CT molecular complexity index is 433. The van der Waals surface area contributed by atoms with Gasteiger partial charge in [0.1, 0.15) is 0 Å². The number of benzene rings is 1. The van der Waals surface area contributed by atoms with Gasteiger partial charge in [0, 0.05) is 11.0 Å². The molecule has 0 radical (unpaired) electrons. The van der Waals surface area contributed by atoms with Gasteiger partial charge in [0.05, 0.1) is 10.6 Å². The second-order valence-corrected chi connectivity index (χ2v) is 5.87. The molecule has 0 spiro atoms. The van der Waals surface area contributed by atoms with E-state index in [4.69, 9.17) is 11.6 Å². The van der Waals surface area contributed by atoms with E-state index >= 15 is 0 Å². The molecule has 2 N–H and O–H groups in total. The van der Waals surface area contributed by atoms with Crippen LogP contribution in [0.5, 0.6) is 0 Å². The number of hydrogen-bond acceptors (Lipinski definition) is 2. The van der Waals surface area contributed by atoms with E-state index in [1.54, 1.807) is 12.1 Å². The molecule has 1 amide bonds. The zero-order valence-corrected chi connectivity index (χ0v) is 12.4. The van der Waals surface area contributed by atoms with Crippen LogP contribution in [0, 0.1) is 5.92 Å². The zero-order valence-electron chi connectivity index (χ0n) is 10.0. The largest absolute Gasteiger partial charge is 0.352 e. The van der Waals surface area contributed by atoms with Crippen LogP contribution >= 0.6 is 27.5 Å². The molecule has 2 rings (SSSR count). The minimum atomic E-state index is -0.0990. The van der Waals surface area contributed by atoms with Crippen molar-refractivity contribution in [2.24, 2.45) is 5.92 Å². The minimum Gasteiger partial charge on any atom is -0.352 e. The van der Waals surface area contributed by atoms with Gasteiger partial charge >= 0.3 is 0 Å². The van der Waals surface area contributed by atoms with Crippen molar-refractivity contribution in [3.05, 3.63) is 33.3 Å². The molecule has 3 nitrogen and oxygen atoms in total. The second kappa shape index (κ2) is 6.55. The van der Waals surface area contributed by atoms with E-state index in [9.17, 15) is 4.79 Å². The molecule has 0 aliphatic carbocycles. The lowest BCUT2D eigenvalue weighted by atomic mass is 10.00. The molecule has 0 saturated carbocycles. The number of amides is 1. The molecule has 5 heteroatoms. The summed E-state index contributed by atoms with van der Waals surface area (Å²) in [4.78, 5) is 12.0. The predicted molar refractivity (Wildman–Crippen MR) is 77.1 cm³/mol. The van der Waals surface area contributed by atoms with Gasteiger partial charge in [-0.15, -0.1) is 0 Å². The van der Waals surface area contributed by atoms with E-state index in [1.165, 1.54) is 12.8 Å². The van der Waals surface area contributed by atoms with Crippen LogP contribution in [0.25, 0.3) is 0 Å². The van der Waals surface area contributed by atoms with Crippen molar-refractivity contribution in [3.63, 3.8) is 0 Å². The zero-order chi connectivity index (χ0) is 13.0. The fourth-order valence-electron chi connectivity index (χ4n) is 2.10. The SMILES string of the molecule is O=C(NC[C@H]1CCCNC1)c1ccc(Br)cc1Cl. The summed E-state index contributed by atoms with van der Waals surface area (Å²) in [5, 5.41) is 6.76. The quantitative estimate of drug-likeness (QED) is 0.894. The fraction of sp³-hybridized carbons (Fsp3) is 0.462. The Morgan fingerprint density at radius 3 is 3.06 bits per heavy atom. The molecular weight excluding hydrogens is 316 g/mol. The molecule has 1 atom stereocenters. The van der Waals surface area contributed by atoms with Gasteiger partial charge in [-0.05, 0) is 50.0 Å². The number of rotatable bonds is 3. The molecule has 1 aliphatic rings. The molecule has 0 unspecified atom stereocenters. The summed E-state index contributed by atoms with van der Waals surface area (Å²) in [6.07, 6.45) is 2.35. The molecule has 0 aromatic heterocycles. The highest BCUT2D eigenvalue weighted by molar-refractivity contribution is 9.10. The average Bonchev–Trinajstić information content (AvgIpc) is 2.37. The number of piperidine rings is 1. The Kier molecular flexibility index (Phi) is 5.03. The van der Waals surface area contributed by atoms with Crippen molar-refractivity contribution in [2.45, 2.75) is 12.8 Å². The monoisotopic (exact) mass is 330 g/mol. The molecule has 98 valence electrons. The summed E-state index contributed by atoms with van der Waals surface area (Å²) in [5.74, 6) is 0.426. The summed E-state index contributed by atoms with van der Waals surface area (Å²) < 4.78 is 0.875. The molecule has 18 heavy (non-hydrogen) atoms. The summed E-state index contributed by atoms with van der Waals surface area (Å²) in [5.41, 5.74) is 0.531. The third kappa shape index (κ3) is 3.70. The van der Waals surface area contributed by atoms with Crippen LogP contribution < -0.4 is 10.6 Å². The molecule has 1 aromatic carbocycles. The van der Waals surface area contributed by atoms with Crippen LogP contribution in [0.15, 0.2) is 22.7 Å². The van der Waals surface area contributed by atoms with Crippen LogP contribution in [0.4, 0.5) is 0 Å². The molecule has 1 aromatic rings. The third-order valence-corrected chi connectivity index (χ3v) is 3.93. The molecule has 1 heterocycles. The number of halogens is 2. The lowest BCUT2D eigenvalue weighted by Crippen LogP contribution is -2.38. The van der Waals surface area contributed by atoms with E-state index in [0.29, 0.717) is 23.0 Å². The number of hydrogen-bond donors (Lipinski definition) is 2. The van der Waals surface area contributed by atoms with Crippen molar-refractivity contribution in [3.8, 4) is 0 Å². The summed E-state index contributed by atoms with van der Waals surface area (Å²) in [6, 6.07) is 5.29. The van der Waals surface area contributed by atoms with Crippen LogP contribution in [0.2, 0.25) is 5.02 Å². The number of carbonyl (C=O) groups is 1. The second-order valence-electron chi connectivity index (χ2n) is 4.55. The Labute approximate surface area is 120 Å². The lowest BCUT2D eigenvalue weighted by Gasteiger charge is -2.22. The van der Waals surface area contributed by atoms with Crippen LogP contribution in [-0.4, -0.2) is 25.5 Å². The predicted octanol–water partition coefficient (Wildman–Crippen LogP) is 2.83. The molecular formula is C13H16BrClN2O. The van der Waals surface area contributed by atoms with Gasteiger partial charge in [0.25, 0.3) is 5.91 Å². The Morgan fingerprint density at radius 1 is 1.56 bits per heavy atom. The Hall–Kier alpha value is -0.580. The summed E-state index contributed by atoms with van der Waals surface area (Å²) in [6.45, 7) is 2.77. The molecule has 1 fully saturated rings. The standard InChI is InChI=1S/C13H16BrClN2O/c14-10-3-4-11(12(15)6-10)13(18)17-8-9-2-1-5-16-7-9/h3-4,6,9,16H,1-2,5,7-8H2,(H,17,18)/t9-/m0/s1. The van der Waals surface area contributed by atoms with Gasteiger partial charge in [-0.1, -0.05) is 27.5 Å². The maximum Gasteiger partial charge on any atom is 0.252 e. The first-order valence-electron chi connectivity index (χ1n) is 6.11. The smallest absolute Gasteiger partial charge is 0.252 e. The van der Waals surface area contributed by atoms with Crippen molar-refractivity contribution in [1.82, 2.24) is 10.6 Å². The normalized spacial score (nSPS) is 19.6. The first-order valence-corrected chi connectivity index (χ1v) is 7.28. The van der Waals surface area contributed by atoms with E-state index in [-0.39, 0.29) is 5.91 Å². The highest BCUT2D eigenvalue weighted by atomic mass is 79.9. The van der Waals surface area contributed by atoms with Gasteiger partial charge in [-0.25, -0.2) is 0 Å². The molecule has 1 saturated heterocycles. The summed E-state index contributed by atoms with van der Waals surface area (Å²) >= 11 is 9.37. The van der Waals surface area contributed by atoms with Gasteiger partial charge in [0.15, 0.2) is 0 Å². The highest BCUT2D eigenvalue weighted by Crippen LogP contribution is 2.21. The van der Waals surface area contributed by atoms with Crippen LogP contribution in [-0.2, 0) is 0 Å². The average molecular weight is 332 g/mol. The molecule has 1 aliphatic heterocycles. The van der Waals surface area contributed by atoms with E-state index in [1.807, 2.05) is 6.07 Å². The van der Waals surface area contributed by atoms with Gasteiger partial charge in [0.2, 0.25) is 0 Å². The van der Waals surface area contributed by atoms with E-state index in [2.05, 4.69) is 26.6 Å². The van der Waals surface area contributed by atoms with E-state index in [0.717, 1.165) is 17.6 Å². The maximum atomic E-state index is 12.0. The number of carbonyl (C=O) groups excluding carboxylic acids is 1.